The van der Waals surface area contributed by atoms with Gasteiger partial charge < -0.3 is 9.47 Å². The van der Waals surface area contributed by atoms with Crippen LogP contribution in [0.3, 0.4) is 0 Å². The van der Waals surface area contributed by atoms with E-state index in [4.69, 9.17) is 9.47 Å². The van der Waals surface area contributed by atoms with Gasteiger partial charge in [0.05, 0.1) is 18.0 Å². The van der Waals surface area contributed by atoms with Crippen LogP contribution in [0.2, 0.25) is 0 Å². The molecule has 0 amide bonds. The number of hydrogen-bond acceptors (Lipinski definition) is 4. The number of nitrogens with one attached hydrogen (secondary N) is 1. The number of fused-ring (bicyclic) bond motifs is 1. The van der Waals surface area contributed by atoms with Gasteiger partial charge in [-0.2, -0.15) is 0 Å². The SMILES string of the molecule is COc1cc(C)c(S(=O)(=O)NC2CC(C)(C)Oc3ccc(C)cc32)cc1C. The van der Waals surface area contributed by atoms with E-state index in [0.29, 0.717) is 17.7 Å². The molecule has 0 aliphatic carbocycles. The minimum Gasteiger partial charge on any atom is -0.496 e. The second kappa shape index (κ2) is 6.84. The van der Waals surface area contributed by atoms with Gasteiger partial charge in [-0.1, -0.05) is 17.7 Å². The van der Waals surface area contributed by atoms with Crippen LogP contribution in [0.15, 0.2) is 35.2 Å². The van der Waals surface area contributed by atoms with Crippen molar-refractivity contribution in [2.45, 2.75) is 57.6 Å². The summed E-state index contributed by atoms with van der Waals surface area (Å²) in [6.45, 7) is 9.55. The van der Waals surface area contributed by atoms with Crippen LogP contribution < -0.4 is 14.2 Å². The lowest BCUT2D eigenvalue weighted by Crippen LogP contribution is -2.41. The summed E-state index contributed by atoms with van der Waals surface area (Å²) in [6, 6.07) is 8.95. The van der Waals surface area contributed by atoms with Crippen LogP contribution in [0.25, 0.3) is 0 Å². The van der Waals surface area contributed by atoms with Crippen LogP contribution in [0.1, 0.15) is 48.6 Å². The minimum absolute atomic E-state index is 0.277. The molecule has 0 aromatic heterocycles. The topological polar surface area (TPSA) is 64.6 Å². The quantitative estimate of drug-likeness (QED) is 0.851. The predicted molar refractivity (Wildman–Crippen MR) is 106 cm³/mol. The van der Waals surface area contributed by atoms with Crippen LogP contribution in [-0.4, -0.2) is 21.1 Å². The van der Waals surface area contributed by atoms with Crippen LogP contribution in [-0.2, 0) is 10.0 Å². The van der Waals surface area contributed by atoms with Gasteiger partial charge in [0.2, 0.25) is 10.0 Å². The number of sulfonamides is 1. The normalized spacial score (nSPS) is 18.5. The van der Waals surface area contributed by atoms with Gasteiger partial charge >= 0.3 is 0 Å². The zero-order chi connectivity index (χ0) is 20.0. The standard InChI is InChI=1S/C21H27NO4S/c1-13-7-8-18-16(9-13)17(12-21(4,5)26-18)22-27(23,24)20-11-14(2)19(25-6)10-15(20)3/h7-11,17,22H,12H2,1-6H3. The van der Waals surface area contributed by atoms with Gasteiger partial charge in [-0.15, -0.1) is 0 Å². The average Bonchev–Trinajstić information content (AvgIpc) is 2.56. The lowest BCUT2D eigenvalue weighted by molar-refractivity contribution is 0.0701. The number of ether oxygens (including phenoxy) is 2. The fourth-order valence-electron chi connectivity index (χ4n) is 3.60. The molecule has 0 saturated carbocycles. The fourth-order valence-corrected chi connectivity index (χ4v) is 5.13. The second-order valence-electron chi connectivity index (χ2n) is 7.87. The van der Waals surface area contributed by atoms with Crippen molar-refractivity contribution in [3.63, 3.8) is 0 Å². The van der Waals surface area contributed by atoms with Crippen LogP contribution in [0.5, 0.6) is 11.5 Å². The molecule has 3 rings (SSSR count). The highest BCUT2D eigenvalue weighted by Crippen LogP contribution is 2.40. The molecule has 1 unspecified atom stereocenters. The lowest BCUT2D eigenvalue weighted by atomic mass is 9.89. The van der Waals surface area contributed by atoms with Crippen molar-refractivity contribution < 1.29 is 17.9 Å². The molecule has 1 N–H and O–H groups in total. The predicted octanol–water partition coefficient (Wildman–Crippen LogP) is 4.20. The molecule has 1 atom stereocenters. The summed E-state index contributed by atoms with van der Waals surface area (Å²) in [6.07, 6.45) is 0.552. The molecule has 0 fully saturated rings. The molecule has 0 radical (unpaired) electrons. The van der Waals surface area contributed by atoms with Gasteiger partial charge in [-0.05, 0) is 63.9 Å². The van der Waals surface area contributed by atoms with Crippen LogP contribution >= 0.6 is 0 Å². The minimum atomic E-state index is -3.70. The van der Waals surface area contributed by atoms with Gasteiger partial charge in [0, 0.05) is 12.0 Å². The molecule has 0 saturated heterocycles. The van der Waals surface area contributed by atoms with E-state index in [0.717, 1.165) is 22.4 Å². The van der Waals surface area contributed by atoms with Crippen LogP contribution in [0.4, 0.5) is 0 Å². The van der Waals surface area contributed by atoms with Gasteiger partial charge in [0.25, 0.3) is 0 Å². The Labute approximate surface area is 161 Å². The third kappa shape index (κ3) is 3.96. The first kappa shape index (κ1) is 19.7. The van der Waals surface area contributed by atoms with E-state index in [1.807, 2.05) is 45.9 Å². The molecule has 0 bridgehead atoms. The first-order valence-electron chi connectivity index (χ1n) is 8.99. The van der Waals surface area contributed by atoms with Gasteiger partial charge in [-0.25, -0.2) is 13.1 Å². The highest BCUT2D eigenvalue weighted by Gasteiger charge is 2.36. The summed E-state index contributed by atoms with van der Waals surface area (Å²) in [4.78, 5) is 0.277. The Kier molecular flexibility index (Phi) is 4.99. The number of methoxy groups -OCH3 is 1. The van der Waals surface area contributed by atoms with Crippen molar-refractivity contribution in [2.75, 3.05) is 7.11 Å². The number of benzene rings is 2. The number of hydrogen-bond donors (Lipinski definition) is 1. The van der Waals surface area contributed by atoms with Gasteiger partial charge in [0.15, 0.2) is 0 Å². The lowest BCUT2D eigenvalue weighted by Gasteiger charge is -2.38. The zero-order valence-corrected chi connectivity index (χ0v) is 17.5. The zero-order valence-electron chi connectivity index (χ0n) is 16.7. The van der Waals surface area contributed by atoms with E-state index < -0.39 is 15.6 Å². The summed E-state index contributed by atoms with van der Waals surface area (Å²) >= 11 is 0. The first-order chi connectivity index (χ1) is 12.5. The monoisotopic (exact) mass is 389 g/mol. The highest BCUT2D eigenvalue weighted by atomic mass is 32.2. The summed E-state index contributed by atoms with van der Waals surface area (Å²) in [5, 5.41) is 0. The maximum Gasteiger partial charge on any atom is 0.241 e. The summed E-state index contributed by atoms with van der Waals surface area (Å²) in [5.41, 5.74) is 2.92. The Bertz CT molecular complexity index is 980. The van der Waals surface area contributed by atoms with Crippen molar-refractivity contribution >= 4 is 10.0 Å². The van der Waals surface area contributed by atoms with E-state index in [9.17, 15) is 8.42 Å². The van der Waals surface area contributed by atoms with E-state index in [1.165, 1.54) is 0 Å². The second-order valence-corrected chi connectivity index (χ2v) is 9.55. The average molecular weight is 390 g/mol. The Hall–Kier alpha value is -2.05. The highest BCUT2D eigenvalue weighted by molar-refractivity contribution is 7.89. The number of rotatable bonds is 4. The van der Waals surface area contributed by atoms with Crippen molar-refractivity contribution in [3.05, 3.63) is 52.6 Å². The molecule has 1 aliphatic rings. The third-order valence-electron chi connectivity index (χ3n) is 4.90. The molecule has 2 aromatic rings. The molecule has 5 nitrogen and oxygen atoms in total. The van der Waals surface area contributed by atoms with E-state index in [2.05, 4.69) is 4.72 Å². The molecular formula is C21H27NO4S. The largest absolute Gasteiger partial charge is 0.496 e. The van der Waals surface area contributed by atoms with Crippen molar-refractivity contribution in [1.29, 1.82) is 0 Å². The Balaban J connectivity index is 2.02. The van der Waals surface area contributed by atoms with E-state index in [-0.39, 0.29) is 10.9 Å². The third-order valence-corrected chi connectivity index (χ3v) is 6.52. The molecule has 0 spiro atoms. The van der Waals surface area contributed by atoms with Crippen molar-refractivity contribution in [1.82, 2.24) is 4.72 Å². The maximum atomic E-state index is 13.2. The van der Waals surface area contributed by atoms with E-state index >= 15 is 0 Å². The van der Waals surface area contributed by atoms with E-state index in [1.54, 1.807) is 26.2 Å². The summed E-state index contributed by atoms with van der Waals surface area (Å²) in [7, 11) is -2.12. The van der Waals surface area contributed by atoms with Crippen LogP contribution in [0, 0.1) is 20.8 Å². The maximum absolute atomic E-state index is 13.2. The molecule has 1 aliphatic heterocycles. The molecule has 146 valence electrons. The molecule has 2 aromatic carbocycles. The fraction of sp³-hybridized carbons (Fsp3) is 0.429. The van der Waals surface area contributed by atoms with Gasteiger partial charge in [-0.3, -0.25) is 0 Å². The summed E-state index contributed by atoms with van der Waals surface area (Å²) in [5.74, 6) is 1.41. The Morgan fingerprint density at radius 2 is 1.81 bits per heavy atom. The Morgan fingerprint density at radius 3 is 2.48 bits per heavy atom. The van der Waals surface area contributed by atoms with Crippen molar-refractivity contribution in [2.24, 2.45) is 0 Å². The molecule has 6 heteroatoms. The van der Waals surface area contributed by atoms with Crippen molar-refractivity contribution in [3.8, 4) is 11.5 Å². The van der Waals surface area contributed by atoms with Gasteiger partial charge in [0.1, 0.15) is 17.1 Å². The summed E-state index contributed by atoms with van der Waals surface area (Å²) < 4.78 is 40.6. The molecular weight excluding hydrogens is 362 g/mol. The smallest absolute Gasteiger partial charge is 0.241 e. The first-order valence-corrected chi connectivity index (χ1v) is 10.5. The molecule has 27 heavy (non-hydrogen) atoms. The number of aryl methyl sites for hydroxylation is 3. The molecule has 1 heterocycles. The Morgan fingerprint density at radius 1 is 1.11 bits per heavy atom.